The lowest BCUT2D eigenvalue weighted by Gasteiger charge is -2.28. The van der Waals surface area contributed by atoms with Crippen molar-refractivity contribution in [1.29, 1.82) is 0 Å². The molecular weight excluding hydrogens is 246 g/mol. The monoisotopic (exact) mass is 267 g/mol. The second-order valence-corrected chi connectivity index (χ2v) is 6.60. The highest BCUT2D eigenvalue weighted by Gasteiger charge is 2.32. The SMILES string of the molecule is CC(C)(C)C1CCN(c2cccc(Cl)c2CO)C1. The van der Waals surface area contributed by atoms with Gasteiger partial charge in [-0.05, 0) is 29.9 Å². The summed E-state index contributed by atoms with van der Waals surface area (Å²) in [4.78, 5) is 2.35. The second kappa shape index (κ2) is 5.10. The molecule has 1 aromatic carbocycles. The summed E-state index contributed by atoms with van der Waals surface area (Å²) in [5.74, 6) is 0.697. The van der Waals surface area contributed by atoms with E-state index in [0.29, 0.717) is 16.4 Å². The normalized spacial score (nSPS) is 20.5. The predicted molar refractivity (Wildman–Crippen MR) is 77.1 cm³/mol. The summed E-state index contributed by atoms with van der Waals surface area (Å²) in [6, 6.07) is 5.86. The number of hydrogen-bond donors (Lipinski definition) is 1. The van der Waals surface area contributed by atoms with Crippen LogP contribution in [0.3, 0.4) is 0 Å². The molecule has 0 aromatic heterocycles. The van der Waals surface area contributed by atoms with Crippen LogP contribution in [0.1, 0.15) is 32.8 Å². The van der Waals surface area contributed by atoms with Crippen molar-refractivity contribution in [2.24, 2.45) is 11.3 Å². The van der Waals surface area contributed by atoms with E-state index in [4.69, 9.17) is 11.6 Å². The van der Waals surface area contributed by atoms with Gasteiger partial charge in [0, 0.05) is 29.4 Å². The van der Waals surface area contributed by atoms with E-state index in [0.717, 1.165) is 24.3 Å². The molecule has 100 valence electrons. The van der Waals surface area contributed by atoms with Crippen LogP contribution in [0.5, 0.6) is 0 Å². The van der Waals surface area contributed by atoms with Crippen molar-refractivity contribution in [3.05, 3.63) is 28.8 Å². The minimum absolute atomic E-state index is 0.00565. The Morgan fingerprint density at radius 2 is 2.11 bits per heavy atom. The van der Waals surface area contributed by atoms with Gasteiger partial charge in [0.2, 0.25) is 0 Å². The summed E-state index contributed by atoms with van der Waals surface area (Å²) < 4.78 is 0. The molecule has 1 aromatic rings. The number of rotatable bonds is 2. The largest absolute Gasteiger partial charge is 0.392 e. The fourth-order valence-corrected chi connectivity index (χ4v) is 2.92. The first-order valence-corrected chi connectivity index (χ1v) is 6.94. The first-order chi connectivity index (χ1) is 8.43. The molecule has 1 aliphatic rings. The van der Waals surface area contributed by atoms with Crippen molar-refractivity contribution >= 4 is 17.3 Å². The van der Waals surface area contributed by atoms with E-state index in [2.05, 4.69) is 31.7 Å². The van der Waals surface area contributed by atoms with E-state index in [1.807, 2.05) is 12.1 Å². The number of benzene rings is 1. The number of aliphatic hydroxyl groups is 1. The van der Waals surface area contributed by atoms with Crippen LogP contribution in [0.4, 0.5) is 5.69 Å². The lowest BCUT2D eigenvalue weighted by atomic mass is 9.80. The Morgan fingerprint density at radius 3 is 2.67 bits per heavy atom. The predicted octanol–water partition coefficient (Wildman–Crippen LogP) is 3.70. The number of nitrogens with zero attached hydrogens (tertiary/aromatic N) is 1. The van der Waals surface area contributed by atoms with Crippen molar-refractivity contribution in [3.8, 4) is 0 Å². The first kappa shape index (κ1) is 13.7. The maximum absolute atomic E-state index is 9.47. The molecule has 0 saturated carbocycles. The molecule has 1 aliphatic heterocycles. The van der Waals surface area contributed by atoms with Crippen LogP contribution in [0, 0.1) is 11.3 Å². The molecule has 1 unspecified atom stereocenters. The van der Waals surface area contributed by atoms with Gasteiger partial charge in [-0.2, -0.15) is 0 Å². The van der Waals surface area contributed by atoms with Gasteiger partial charge in [-0.1, -0.05) is 38.4 Å². The molecule has 3 heteroatoms. The molecule has 2 rings (SSSR count). The maximum Gasteiger partial charge on any atom is 0.0716 e. The Morgan fingerprint density at radius 1 is 1.39 bits per heavy atom. The lowest BCUT2D eigenvalue weighted by molar-refractivity contribution is 0.263. The minimum atomic E-state index is 0.00565. The van der Waals surface area contributed by atoms with Gasteiger partial charge in [0.25, 0.3) is 0 Å². The van der Waals surface area contributed by atoms with Crippen molar-refractivity contribution in [3.63, 3.8) is 0 Å². The Labute approximate surface area is 115 Å². The van der Waals surface area contributed by atoms with Crippen LogP contribution in [0.15, 0.2) is 18.2 Å². The summed E-state index contributed by atoms with van der Waals surface area (Å²) in [7, 11) is 0. The molecule has 1 heterocycles. The average Bonchev–Trinajstić information content (AvgIpc) is 2.77. The number of hydrogen-bond acceptors (Lipinski definition) is 2. The lowest BCUT2D eigenvalue weighted by Crippen LogP contribution is -2.26. The van der Waals surface area contributed by atoms with Crippen molar-refractivity contribution < 1.29 is 5.11 Å². The molecule has 18 heavy (non-hydrogen) atoms. The second-order valence-electron chi connectivity index (χ2n) is 6.19. The van der Waals surface area contributed by atoms with E-state index in [1.54, 1.807) is 0 Å². The third-order valence-electron chi connectivity index (χ3n) is 4.01. The first-order valence-electron chi connectivity index (χ1n) is 6.56. The summed E-state index contributed by atoms with van der Waals surface area (Å²) in [6.45, 7) is 9.00. The molecule has 0 spiro atoms. The molecule has 0 radical (unpaired) electrons. The highest BCUT2D eigenvalue weighted by Crippen LogP contribution is 2.37. The van der Waals surface area contributed by atoms with Crippen molar-refractivity contribution in [2.75, 3.05) is 18.0 Å². The molecule has 1 N–H and O–H groups in total. The molecule has 2 nitrogen and oxygen atoms in total. The standard InChI is InChI=1S/C15H22ClNO/c1-15(2,3)11-7-8-17(9-11)14-6-4-5-13(16)12(14)10-18/h4-6,11,18H,7-10H2,1-3H3. The zero-order valence-corrected chi connectivity index (χ0v) is 12.2. The Balaban J connectivity index is 2.22. The molecular formula is C15H22ClNO. The van der Waals surface area contributed by atoms with E-state index < -0.39 is 0 Å². The molecule has 1 atom stereocenters. The summed E-state index contributed by atoms with van der Waals surface area (Å²) in [6.07, 6.45) is 1.21. The molecule has 0 amide bonds. The van der Waals surface area contributed by atoms with Crippen LogP contribution < -0.4 is 4.90 Å². The van der Waals surface area contributed by atoms with Crippen LogP contribution >= 0.6 is 11.6 Å². The van der Waals surface area contributed by atoms with Crippen LogP contribution in [-0.4, -0.2) is 18.2 Å². The summed E-state index contributed by atoms with van der Waals surface area (Å²) in [5.41, 5.74) is 2.29. The molecule has 0 bridgehead atoms. The fourth-order valence-electron chi connectivity index (χ4n) is 2.69. The van der Waals surface area contributed by atoms with E-state index >= 15 is 0 Å². The maximum atomic E-state index is 9.47. The van der Waals surface area contributed by atoms with E-state index in [1.165, 1.54) is 6.42 Å². The third-order valence-corrected chi connectivity index (χ3v) is 4.36. The smallest absolute Gasteiger partial charge is 0.0716 e. The van der Waals surface area contributed by atoms with Crippen molar-refractivity contribution in [1.82, 2.24) is 0 Å². The molecule has 1 saturated heterocycles. The Kier molecular flexibility index (Phi) is 3.88. The van der Waals surface area contributed by atoms with Gasteiger partial charge in [-0.3, -0.25) is 0 Å². The third kappa shape index (κ3) is 2.65. The van der Waals surface area contributed by atoms with Gasteiger partial charge in [0.1, 0.15) is 0 Å². The Hall–Kier alpha value is -0.730. The van der Waals surface area contributed by atoms with E-state index in [-0.39, 0.29) is 6.61 Å². The molecule has 0 aliphatic carbocycles. The van der Waals surface area contributed by atoms with Gasteiger partial charge < -0.3 is 10.0 Å². The quantitative estimate of drug-likeness (QED) is 0.883. The number of anilines is 1. The minimum Gasteiger partial charge on any atom is -0.392 e. The van der Waals surface area contributed by atoms with Gasteiger partial charge in [-0.15, -0.1) is 0 Å². The fraction of sp³-hybridized carbons (Fsp3) is 0.600. The van der Waals surface area contributed by atoms with Crippen molar-refractivity contribution in [2.45, 2.75) is 33.8 Å². The van der Waals surface area contributed by atoms with Gasteiger partial charge >= 0.3 is 0 Å². The number of aliphatic hydroxyl groups excluding tert-OH is 1. The topological polar surface area (TPSA) is 23.5 Å². The Bertz CT molecular complexity index is 425. The van der Waals surface area contributed by atoms with Gasteiger partial charge in [0.15, 0.2) is 0 Å². The summed E-state index contributed by atoms with van der Waals surface area (Å²) >= 11 is 6.15. The zero-order chi connectivity index (χ0) is 13.3. The zero-order valence-electron chi connectivity index (χ0n) is 11.4. The number of halogens is 1. The highest BCUT2D eigenvalue weighted by molar-refractivity contribution is 6.31. The van der Waals surface area contributed by atoms with Gasteiger partial charge in [0.05, 0.1) is 6.61 Å². The van der Waals surface area contributed by atoms with Gasteiger partial charge in [-0.25, -0.2) is 0 Å². The summed E-state index contributed by atoms with van der Waals surface area (Å²) in [5, 5.41) is 10.1. The molecule has 1 fully saturated rings. The van der Waals surface area contributed by atoms with Crippen LogP contribution in [0.2, 0.25) is 5.02 Å². The van der Waals surface area contributed by atoms with E-state index in [9.17, 15) is 5.11 Å². The van der Waals surface area contributed by atoms with Crippen LogP contribution in [0.25, 0.3) is 0 Å². The highest BCUT2D eigenvalue weighted by atomic mass is 35.5. The van der Waals surface area contributed by atoms with Crippen LogP contribution in [-0.2, 0) is 6.61 Å². The average molecular weight is 268 g/mol.